The van der Waals surface area contributed by atoms with E-state index < -0.39 is 17.1 Å². The van der Waals surface area contributed by atoms with Crippen LogP contribution in [0.5, 0.6) is 11.6 Å². The van der Waals surface area contributed by atoms with Crippen LogP contribution in [0.1, 0.15) is 30.5 Å². The van der Waals surface area contributed by atoms with Gasteiger partial charge in [-0.1, -0.05) is 23.7 Å². The zero-order valence-electron chi connectivity index (χ0n) is 16.1. The van der Waals surface area contributed by atoms with Crippen molar-refractivity contribution in [3.63, 3.8) is 0 Å². The van der Waals surface area contributed by atoms with E-state index in [0.717, 1.165) is 15.9 Å². The van der Waals surface area contributed by atoms with Crippen molar-refractivity contribution in [3.8, 4) is 17.3 Å². The molecular weight excluding hydrogens is 408 g/mol. The second-order valence-corrected chi connectivity index (χ2v) is 7.15. The van der Waals surface area contributed by atoms with E-state index in [4.69, 9.17) is 16.3 Å². The second-order valence-electron chi connectivity index (χ2n) is 6.72. The van der Waals surface area contributed by atoms with Crippen LogP contribution >= 0.6 is 11.6 Å². The molecule has 0 bridgehead atoms. The first kappa shape index (κ1) is 19.8. The van der Waals surface area contributed by atoms with Crippen LogP contribution in [0.25, 0.3) is 5.69 Å². The Morgan fingerprint density at radius 2 is 1.87 bits per heavy atom. The second kappa shape index (κ2) is 8.08. The summed E-state index contributed by atoms with van der Waals surface area (Å²) in [5, 5.41) is 15.5. The minimum Gasteiger partial charge on any atom is -0.494 e. The summed E-state index contributed by atoms with van der Waals surface area (Å²) >= 11 is 5.90. The van der Waals surface area contributed by atoms with E-state index in [2.05, 4.69) is 15.5 Å². The molecule has 0 amide bonds. The first-order chi connectivity index (χ1) is 14.5. The van der Waals surface area contributed by atoms with E-state index in [1.807, 2.05) is 31.2 Å². The normalized spacial score (nSPS) is 15.5. The number of rotatable bonds is 5. The summed E-state index contributed by atoms with van der Waals surface area (Å²) in [6, 6.07) is 13.7. The van der Waals surface area contributed by atoms with Crippen molar-refractivity contribution in [3.05, 3.63) is 85.5 Å². The zero-order chi connectivity index (χ0) is 21.3. The predicted molar refractivity (Wildman–Crippen MR) is 114 cm³/mol. The molecule has 1 aliphatic rings. The van der Waals surface area contributed by atoms with Gasteiger partial charge in [-0.3, -0.25) is 9.78 Å². The summed E-state index contributed by atoms with van der Waals surface area (Å²) < 4.78 is 6.46. The van der Waals surface area contributed by atoms with E-state index in [1.54, 1.807) is 24.3 Å². The Hall–Kier alpha value is -3.52. The van der Waals surface area contributed by atoms with Crippen LogP contribution in [-0.4, -0.2) is 27.0 Å². The Morgan fingerprint density at radius 1 is 1.17 bits per heavy atom. The van der Waals surface area contributed by atoms with E-state index in [0.29, 0.717) is 29.4 Å². The number of hydrazone groups is 1. The first-order valence-corrected chi connectivity index (χ1v) is 9.75. The molecule has 0 saturated heterocycles. The van der Waals surface area contributed by atoms with Gasteiger partial charge in [0.15, 0.2) is 0 Å². The Labute approximate surface area is 176 Å². The number of halogens is 1. The van der Waals surface area contributed by atoms with E-state index in [-0.39, 0.29) is 11.6 Å². The van der Waals surface area contributed by atoms with Crippen molar-refractivity contribution in [2.75, 3.05) is 6.61 Å². The molecule has 0 spiro atoms. The van der Waals surface area contributed by atoms with Crippen molar-refractivity contribution in [1.82, 2.24) is 15.0 Å². The van der Waals surface area contributed by atoms with Gasteiger partial charge in [0.05, 0.1) is 24.0 Å². The Kier molecular flexibility index (Phi) is 5.33. The number of hydrogen-bond donors (Lipinski definition) is 3. The zero-order valence-corrected chi connectivity index (χ0v) is 16.8. The predicted octanol–water partition coefficient (Wildman–Crippen LogP) is 2.72. The fourth-order valence-electron chi connectivity index (χ4n) is 3.37. The van der Waals surface area contributed by atoms with Crippen LogP contribution in [0, 0.1) is 0 Å². The van der Waals surface area contributed by atoms with Crippen LogP contribution in [-0.2, 0) is 0 Å². The van der Waals surface area contributed by atoms with Crippen molar-refractivity contribution in [2.45, 2.75) is 19.4 Å². The molecule has 3 aromatic rings. The third kappa shape index (κ3) is 3.69. The van der Waals surface area contributed by atoms with Gasteiger partial charge in [0.1, 0.15) is 11.3 Å². The fourth-order valence-corrected chi connectivity index (χ4v) is 3.49. The summed E-state index contributed by atoms with van der Waals surface area (Å²) in [6.07, 6.45) is 0.365. The van der Waals surface area contributed by atoms with Crippen LogP contribution in [0.3, 0.4) is 0 Å². The highest BCUT2D eigenvalue weighted by Gasteiger charge is 2.27. The molecule has 9 heteroatoms. The van der Waals surface area contributed by atoms with E-state index >= 15 is 0 Å². The molecule has 154 valence electrons. The van der Waals surface area contributed by atoms with E-state index in [9.17, 15) is 14.7 Å². The molecule has 0 fully saturated rings. The fraction of sp³-hybridized carbons (Fsp3) is 0.190. The molecule has 2 aromatic carbocycles. The summed E-state index contributed by atoms with van der Waals surface area (Å²) in [7, 11) is 0. The summed E-state index contributed by atoms with van der Waals surface area (Å²) in [4.78, 5) is 27.0. The maximum absolute atomic E-state index is 12.5. The Balaban J connectivity index is 1.66. The molecule has 0 saturated carbocycles. The minimum atomic E-state index is -0.752. The third-order valence-corrected chi connectivity index (χ3v) is 5.06. The Morgan fingerprint density at radius 3 is 2.53 bits per heavy atom. The molecule has 4 rings (SSSR count). The topological polar surface area (TPSA) is 109 Å². The molecule has 30 heavy (non-hydrogen) atoms. The van der Waals surface area contributed by atoms with Gasteiger partial charge in [-0.15, -0.1) is 0 Å². The highest BCUT2D eigenvalue weighted by Crippen LogP contribution is 2.28. The van der Waals surface area contributed by atoms with Crippen LogP contribution in [0.4, 0.5) is 0 Å². The SMILES string of the molecule is CCOc1ccc(C2CC(c3c(O)n(-c4ccc(Cl)cc4)c(=O)[nH]c3=O)=NN2)cc1. The number of H-pyrrole nitrogens is 1. The van der Waals surface area contributed by atoms with E-state index in [1.165, 1.54) is 0 Å². The minimum absolute atomic E-state index is 0.0505. The molecule has 3 N–H and O–H groups in total. The van der Waals surface area contributed by atoms with Gasteiger partial charge in [0.2, 0.25) is 5.88 Å². The van der Waals surface area contributed by atoms with Crippen LogP contribution in [0.15, 0.2) is 63.2 Å². The summed E-state index contributed by atoms with van der Waals surface area (Å²) in [6.45, 7) is 2.50. The van der Waals surface area contributed by atoms with Gasteiger partial charge in [-0.2, -0.15) is 5.10 Å². The van der Waals surface area contributed by atoms with Crippen molar-refractivity contribution < 1.29 is 9.84 Å². The monoisotopic (exact) mass is 426 g/mol. The number of hydrogen-bond acceptors (Lipinski definition) is 6. The number of aromatic hydroxyl groups is 1. The molecule has 1 unspecified atom stereocenters. The average Bonchev–Trinajstić information content (AvgIpc) is 3.19. The van der Waals surface area contributed by atoms with Crippen molar-refractivity contribution >= 4 is 17.3 Å². The smallest absolute Gasteiger partial charge is 0.335 e. The van der Waals surface area contributed by atoms with Gasteiger partial charge >= 0.3 is 5.69 Å². The lowest BCUT2D eigenvalue weighted by Gasteiger charge is -2.12. The highest BCUT2D eigenvalue weighted by atomic mass is 35.5. The quantitative estimate of drug-likeness (QED) is 0.581. The number of benzene rings is 2. The standard InChI is InChI=1S/C21H19ClN4O4/c1-2-30-15-9-3-12(4-10-15)16-11-17(25-24-16)18-19(27)23-21(29)26(20(18)28)14-7-5-13(22)6-8-14/h3-10,16,24,28H,2,11H2,1H3,(H,23,27,29). The molecule has 2 heterocycles. The van der Waals surface area contributed by atoms with Gasteiger partial charge in [-0.05, 0) is 48.9 Å². The molecule has 8 nitrogen and oxygen atoms in total. The maximum Gasteiger partial charge on any atom is 0.335 e. The Bertz CT molecular complexity index is 1210. The molecule has 0 aliphatic carbocycles. The lowest BCUT2D eigenvalue weighted by atomic mass is 10.00. The van der Waals surface area contributed by atoms with Crippen LogP contribution in [0.2, 0.25) is 5.02 Å². The van der Waals surface area contributed by atoms with Gasteiger partial charge in [0.25, 0.3) is 5.56 Å². The number of nitrogens with one attached hydrogen (secondary N) is 2. The molecule has 0 radical (unpaired) electrons. The molecule has 1 atom stereocenters. The lowest BCUT2D eigenvalue weighted by Crippen LogP contribution is -2.33. The average molecular weight is 427 g/mol. The summed E-state index contributed by atoms with van der Waals surface area (Å²) in [5.41, 5.74) is 3.17. The lowest BCUT2D eigenvalue weighted by molar-refractivity contribution is 0.340. The van der Waals surface area contributed by atoms with Crippen LogP contribution < -0.4 is 21.4 Å². The van der Waals surface area contributed by atoms with Gasteiger partial charge in [-0.25, -0.2) is 9.36 Å². The first-order valence-electron chi connectivity index (χ1n) is 9.37. The third-order valence-electron chi connectivity index (χ3n) is 4.81. The number of ether oxygens (including phenoxy) is 1. The summed E-state index contributed by atoms with van der Waals surface area (Å²) in [5.74, 6) is 0.295. The van der Waals surface area contributed by atoms with Gasteiger partial charge in [0, 0.05) is 11.4 Å². The number of nitrogens with zero attached hydrogens (tertiary/aromatic N) is 2. The van der Waals surface area contributed by atoms with Gasteiger partial charge < -0.3 is 15.3 Å². The molecule has 1 aromatic heterocycles. The molecule has 1 aliphatic heterocycles. The molecular formula is C21H19ClN4O4. The van der Waals surface area contributed by atoms with Crippen molar-refractivity contribution in [2.24, 2.45) is 5.10 Å². The number of aromatic amines is 1. The van der Waals surface area contributed by atoms with Crippen molar-refractivity contribution in [1.29, 1.82) is 0 Å². The number of aromatic nitrogens is 2. The largest absolute Gasteiger partial charge is 0.494 e. The highest BCUT2D eigenvalue weighted by molar-refractivity contribution is 6.30. The maximum atomic E-state index is 12.5.